The molecule has 0 radical (unpaired) electrons. The highest BCUT2D eigenvalue weighted by molar-refractivity contribution is 7.99. The highest BCUT2D eigenvalue weighted by Crippen LogP contribution is 2.23. The first kappa shape index (κ1) is 18.8. The van der Waals surface area contributed by atoms with Gasteiger partial charge in [-0.05, 0) is 35.7 Å². The minimum Gasteiger partial charge on any atom is -0.461 e. The Labute approximate surface area is 171 Å². The Bertz CT molecular complexity index is 1090. The molecule has 4 rings (SSSR count). The second-order valence-corrected chi connectivity index (χ2v) is 7.25. The summed E-state index contributed by atoms with van der Waals surface area (Å²) in [6, 6.07) is 21.4. The van der Waals surface area contributed by atoms with E-state index in [2.05, 4.69) is 27.6 Å². The Hall–Kier alpha value is -3.52. The number of hydrogen-bond donors (Lipinski definition) is 2. The number of nitrogens with two attached hydrogens (primary N) is 1. The number of para-hydroxylation sites is 1. The molecule has 4 aromatic rings. The maximum atomic E-state index is 12.5. The van der Waals surface area contributed by atoms with Crippen molar-refractivity contribution in [1.82, 2.24) is 14.9 Å². The molecule has 0 atom stereocenters. The van der Waals surface area contributed by atoms with Crippen LogP contribution in [0.4, 0.5) is 5.69 Å². The number of carbonyl (C=O) groups excluding carboxylic acids is 1. The summed E-state index contributed by atoms with van der Waals surface area (Å²) in [5.41, 5.74) is 3.04. The van der Waals surface area contributed by atoms with E-state index >= 15 is 0 Å². The van der Waals surface area contributed by atoms with Crippen LogP contribution in [0.2, 0.25) is 0 Å². The van der Waals surface area contributed by atoms with Gasteiger partial charge >= 0.3 is 0 Å². The fourth-order valence-corrected chi connectivity index (χ4v) is 3.53. The Kier molecular flexibility index (Phi) is 5.62. The molecule has 0 bridgehead atoms. The molecule has 0 unspecified atom stereocenters. The molecule has 0 spiro atoms. The molecule has 0 aliphatic carbocycles. The van der Waals surface area contributed by atoms with Crippen LogP contribution in [-0.2, 0) is 11.2 Å². The van der Waals surface area contributed by atoms with Gasteiger partial charge in [-0.1, -0.05) is 60.3 Å². The van der Waals surface area contributed by atoms with Gasteiger partial charge in [0.25, 0.3) is 0 Å². The zero-order valence-electron chi connectivity index (χ0n) is 15.5. The second kappa shape index (κ2) is 8.66. The number of benzene rings is 2. The second-order valence-electron chi connectivity index (χ2n) is 6.31. The molecule has 2 aromatic carbocycles. The van der Waals surface area contributed by atoms with Gasteiger partial charge in [-0.3, -0.25) is 4.79 Å². The van der Waals surface area contributed by atoms with Gasteiger partial charge in [0, 0.05) is 5.69 Å². The summed E-state index contributed by atoms with van der Waals surface area (Å²) in [6.07, 6.45) is 2.28. The van der Waals surface area contributed by atoms with Crippen molar-refractivity contribution in [3.05, 3.63) is 84.1 Å². The molecule has 7 nitrogen and oxygen atoms in total. The van der Waals surface area contributed by atoms with Crippen molar-refractivity contribution in [2.75, 3.05) is 16.9 Å². The smallest absolute Gasteiger partial charge is 0.234 e. The molecule has 0 saturated heterocycles. The average molecular weight is 405 g/mol. The van der Waals surface area contributed by atoms with Crippen LogP contribution < -0.4 is 11.2 Å². The van der Waals surface area contributed by atoms with Gasteiger partial charge in [0.15, 0.2) is 5.76 Å². The van der Waals surface area contributed by atoms with Crippen LogP contribution in [0.15, 0.2) is 82.6 Å². The van der Waals surface area contributed by atoms with Gasteiger partial charge in [0.1, 0.15) is 0 Å². The molecule has 8 heteroatoms. The molecular weight excluding hydrogens is 386 g/mol. The maximum absolute atomic E-state index is 12.5. The number of nitrogens with one attached hydrogen (secondary N) is 1. The van der Waals surface area contributed by atoms with Crippen molar-refractivity contribution >= 4 is 23.4 Å². The van der Waals surface area contributed by atoms with Gasteiger partial charge in [0.05, 0.1) is 12.0 Å². The topological polar surface area (TPSA) is 99.0 Å². The number of nitrogens with zero attached hydrogens (tertiary/aromatic N) is 3. The summed E-state index contributed by atoms with van der Waals surface area (Å²) in [6.45, 7) is 0. The van der Waals surface area contributed by atoms with Crippen LogP contribution in [0.5, 0.6) is 0 Å². The normalized spacial score (nSPS) is 10.8. The number of amides is 1. The van der Waals surface area contributed by atoms with E-state index in [0.717, 1.165) is 17.7 Å². The van der Waals surface area contributed by atoms with Gasteiger partial charge in [0.2, 0.25) is 16.9 Å². The Morgan fingerprint density at radius 3 is 2.62 bits per heavy atom. The summed E-state index contributed by atoms with van der Waals surface area (Å²) in [7, 11) is 0. The van der Waals surface area contributed by atoms with E-state index in [4.69, 9.17) is 10.3 Å². The first-order valence-corrected chi connectivity index (χ1v) is 9.98. The Morgan fingerprint density at radius 2 is 1.83 bits per heavy atom. The quantitative estimate of drug-likeness (QED) is 0.360. The zero-order chi connectivity index (χ0) is 20.1. The number of rotatable bonds is 7. The summed E-state index contributed by atoms with van der Waals surface area (Å²) in [5, 5.41) is 11.5. The van der Waals surface area contributed by atoms with Gasteiger partial charge in [-0.25, -0.2) is 4.68 Å². The third-order valence-corrected chi connectivity index (χ3v) is 5.21. The van der Waals surface area contributed by atoms with Crippen LogP contribution in [-0.4, -0.2) is 26.5 Å². The van der Waals surface area contributed by atoms with E-state index in [-0.39, 0.29) is 11.7 Å². The molecule has 2 heterocycles. The molecule has 0 aliphatic rings. The summed E-state index contributed by atoms with van der Waals surface area (Å²) < 4.78 is 6.61. The predicted octanol–water partition coefficient (Wildman–Crippen LogP) is 3.57. The molecule has 2 aromatic heterocycles. The van der Waals surface area contributed by atoms with Crippen molar-refractivity contribution in [2.24, 2.45) is 0 Å². The van der Waals surface area contributed by atoms with Crippen LogP contribution in [0.3, 0.4) is 0 Å². The Balaban J connectivity index is 1.40. The van der Waals surface area contributed by atoms with Crippen LogP contribution >= 0.6 is 11.8 Å². The number of thioether (sulfide) groups is 1. The lowest BCUT2D eigenvalue weighted by Gasteiger charge is -2.11. The van der Waals surface area contributed by atoms with Crippen molar-refractivity contribution < 1.29 is 9.21 Å². The molecule has 3 N–H and O–H groups in total. The van der Waals surface area contributed by atoms with Crippen molar-refractivity contribution in [1.29, 1.82) is 0 Å². The number of carbonyl (C=O) groups is 1. The zero-order valence-corrected chi connectivity index (χ0v) is 16.3. The van der Waals surface area contributed by atoms with Crippen LogP contribution in [0, 0.1) is 0 Å². The standard InChI is InChI=1S/C21H19N5O2S/c22-26-20(18-11-6-12-28-18)24-25-21(26)29-14-19(27)23-17-10-5-4-9-16(17)13-15-7-2-1-3-8-15/h1-12H,13-14,22H2,(H,23,27). The van der Waals surface area contributed by atoms with E-state index in [0.29, 0.717) is 16.7 Å². The first-order chi connectivity index (χ1) is 14.2. The molecular formula is C21H19N5O2S. The van der Waals surface area contributed by atoms with Crippen LogP contribution in [0.25, 0.3) is 11.6 Å². The lowest BCUT2D eigenvalue weighted by Crippen LogP contribution is -2.17. The molecule has 0 aliphatic heterocycles. The van der Waals surface area contributed by atoms with Gasteiger partial charge < -0.3 is 15.6 Å². The summed E-state index contributed by atoms with van der Waals surface area (Å²) in [4.78, 5) is 12.5. The fourth-order valence-electron chi connectivity index (χ4n) is 2.88. The number of furan rings is 1. The number of nitrogen functional groups attached to an aromatic ring is 1. The van der Waals surface area contributed by atoms with E-state index in [9.17, 15) is 4.79 Å². The third kappa shape index (κ3) is 4.49. The van der Waals surface area contributed by atoms with E-state index in [1.807, 2.05) is 42.5 Å². The highest BCUT2D eigenvalue weighted by Gasteiger charge is 2.16. The lowest BCUT2D eigenvalue weighted by molar-refractivity contribution is -0.113. The molecule has 29 heavy (non-hydrogen) atoms. The lowest BCUT2D eigenvalue weighted by atomic mass is 10.0. The number of anilines is 1. The highest BCUT2D eigenvalue weighted by atomic mass is 32.2. The van der Waals surface area contributed by atoms with Crippen molar-refractivity contribution in [2.45, 2.75) is 11.6 Å². The largest absolute Gasteiger partial charge is 0.461 e. The minimum absolute atomic E-state index is 0.141. The Morgan fingerprint density at radius 1 is 1.03 bits per heavy atom. The first-order valence-electron chi connectivity index (χ1n) is 8.99. The molecule has 1 amide bonds. The van der Waals surface area contributed by atoms with Crippen LogP contribution in [0.1, 0.15) is 11.1 Å². The van der Waals surface area contributed by atoms with Gasteiger partial charge in [-0.15, -0.1) is 10.2 Å². The third-order valence-electron chi connectivity index (χ3n) is 4.27. The fraction of sp³-hybridized carbons (Fsp3) is 0.0952. The van der Waals surface area contributed by atoms with Crippen molar-refractivity contribution in [3.63, 3.8) is 0 Å². The van der Waals surface area contributed by atoms with E-state index in [1.54, 1.807) is 12.1 Å². The molecule has 0 fully saturated rings. The van der Waals surface area contributed by atoms with E-state index < -0.39 is 0 Å². The summed E-state index contributed by atoms with van der Waals surface area (Å²) >= 11 is 1.21. The maximum Gasteiger partial charge on any atom is 0.234 e. The molecule has 0 saturated carbocycles. The monoisotopic (exact) mass is 405 g/mol. The SMILES string of the molecule is Nn1c(SCC(=O)Nc2ccccc2Cc2ccccc2)nnc1-c1ccco1. The number of aromatic nitrogens is 3. The molecule has 146 valence electrons. The van der Waals surface area contributed by atoms with Gasteiger partial charge in [-0.2, -0.15) is 0 Å². The van der Waals surface area contributed by atoms with E-state index in [1.165, 1.54) is 28.3 Å². The predicted molar refractivity (Wildman–Crippen MR) is 113 cm³/mol. The average Bonchev–Trinajstić information content (AvgIpc) is 3.38. The summed E-state index contributed by atoms with van der Waals surface area (Å²) in [5.74, 6) is 6.97. The van der Waals surface area contributed by atoms with Crippen molar-refractivity contribution in [3.8, 4) is 11.6 Å². The number of hydrogen-bond acceptors (Lipinski definition) is 6. The minimum atomic E-state index is -0.141.